The Hall–Kier alpha value is -3.16. The summed E-state index contributed by atoms with van der Waals surface area (Å²) >= 11 is 0. The van der Waals surface area contributed by atoms with Crippen molar-refractivity contribution in [1.82, 2.24) is 19.1 Å². The minimum Gasteiger partial charge on any atom is -0.303 e. The number of hydrogen-bond donors (Lipinski definition) is 2. The zero-order valence-electron chi connectivity index (χ0n) is 17.9. The van der Waals surface area contributed by atoms with Gasteiger partial charge in [0.2, 0.25) is 5.95 Å². The van der Waals surface area contributed by atoms with Crippen molar-refractivity contribution in [1.29, 1.82) is 0 Å². The number of aryl methyl sites for hydroxylation is 2. The van der Waals surface area contributed by atoms with Gasteiger partial charge in [0.25, 0.3) is 5.56 Å². The number of anilines is 1. The van der Waals surface area contributed by atoms with Gasteiger partial charge in [-0.3, -0.25) is 14.3 Å². The first kappa shape index (κ1) is 21.5. The molecule has 3 aromatic rings. The van der Waals surface area contributed by atoms with Crippen LogP contribution < -0.4 is 16.7 Å². The Labute approximate surface area is 175 Å². The molecule has 3 rings (SSSR count). The van der Waals surface area contributed by atoms with Crippen LogP contribution in [-0.4, -0.2) is 24.8 Å². The van der Waals surface area contributed by atoms with E-state index in [4.69, 9.17) is 0 Å². The summed E-state index contributed by atoms with van der Waals surface area (Å²) in [6.45, 7) is 4.74. The van der Waals surface area contributed by atoms with Gasteiger partial charge in [0, 0.05) is 13.6 Å². The van der Waals surface area contributed by atoms with E-state index in [-0.39, 0.29) is 0 Å². The van der Waals surface area contributed by atoms with Crippen LogP contribution in [0.25, 0.3) is 11.2 Å². The number of aromatic nitrogens is 4. The summed E-state index contributed by atoms with van der Waals surface area (Å²) in [4.78, 5) is 31.4. The van der Waals surface area contributed by atoms with E-state index in [0.717, 1.165) is 24.1 Å². The predicted octanol–water partition coefficient (Wildman–Crippen LogP) is 3.62. The maximum Gasteiger partial charge on any atom is 0.329 e. The fraction of sp³-hybridized carbons (Fsp3) is 0.455. The molecule has 160 valence electrons. The normalized spacial score (nSPS) is 11.9. The average molecular weight is 411 g/mol. The minimum absolute atomic E-state index is 0.352. The molecule has 0 aliphatic carbocycles. The number of fused-ring (bicyclic) bond motifs is 1. The average Bonchev–Trinajstić information content (AvgIpc) is 3.12. The zero-order valence-corrected chi connectivity index (χ0v) is 17.9. The van der Waals surface area contributed by atoms with Crippen molar-refractivity contribution in [3.8, 4) is 0 Å². The number of H-pyrrole nitrogens is 1. The Bertz CT molecular complexity index is 1120. The first-order valence-electron chi connectivity index (χ1n) is 10.6. The number of benzene rings is 1. The first-order chi connectivity index (χ1) is 14.5. The molecule has 0 aliphatic heterocycles. The van der Waals surface area contributed by atoms with E-state index in [0.29, 0.717) is 23.7 Å². The monoisotopic (exact) mass is 410 g/mol. The van der Waals surface area contributed by atoms with Gasteiger partial charge in [-0.2, -0.15) is 10.1 Å². The van der Waals surface area contributed by atoms with E-state index in [1.807, 2.05) is 41.8 Å². The maximum absolute atomic E-state index is 12.5. The van der Waals surface area contributed by atoms with Crippen molar-refractivity contribution in [2.45, 2.75) is 58.9 Å². The van der Waals surface area contributed by atoms with E-state index in [2.05, 4.69) is 27.4 Å². The van der Waals surface area contributed by atoms with Crippen molar-refractivity contribution in [2.75, 3.05) is 5.43 Å². The summed E-state index contributed by atoms with van der Waals surface area (Å²) in [5.41, 5.74) is 4.64. The lowest BCUT2D eigenvalue weighted by Gasteiger charge is -2.09. The van der Waals surface area contributed by atoms with Crippen LogP contribution in [0, 0.1) is 0 Å². The van der Waals surface area contributed by atoms with Gasteiger partial charge in [0.05, 0.1) is 5.71 Å². The Balaban J connectivity index is 1.90. The molecule has 2 N–H and O–H groups in total. The van der Waals surface area contributed by atoms with Crippen molar-refractivity contribution in [3.05, 3.63) is 56.7 Å². The molecule has 0 fully saturated rings. The molecule has 0 atom stereocenters. The summed E-state index contributed by atoms with van der Waals surface area (Å²) in [5.74, 6) is 0.459. The molecule has 2 heterocycles. The number of aromatic amines is 1. The van der Waals surface area contributed by atoms with Crippen molar-refractivity contribution in [2.24, 2.45) is 12.1 Å². The lowest BCUT2D eigenvalue weighted by atomic mass is 10.1. The lowest BCUT2D eigenvalue weighted by Crippen LogP contribution is -2.29. The molecule has 0 saturated carbocycles. The highest BCUT2D eigenvalue weighted by atomic mass is 16.2. The first-order valence-corrected chi connectivity index (χ1v) is 10.6. The molecule has 0 unspecified atom stereocenters. The third-order valence-electron chi connectivity index (χ3n) is 5.26. The van der Waals surface area contributed by atoms with Gasteiger partial charge >= 0.3 is 5.69 Å². The Morgan fingerprint density at radius 1 is 1.10 bits per heavy atom. The molecule has 8 heteroatoms. The van der Waals surface area contributed by atoms with Crippen molar-refractivity contribution in [3.63, 3.8) is 0 Å². The van der Waals surface area contributed by atoms with E-state index < -0.39 is 11.2 Å². The molecule has 2 aromatic heterocycles. The maximum atomic E-state index is 12.5. The quantitative estimate of drug-likeness (QED) is 0.303. The molecule has 8 nitrogen and oxygen atoms in total. The summed E-state index contributed by atoms with van der Waals surface area (Å²) in [7, 11) is 1.60. The number of nitrogens with zero attached hydrogens (tertiary/aromatic N) is 4. The van der Waals surface area contributed by atoms with Gasteiger partial charge < -0.3 is 4.57 Å². The second-order valence-electron chi connectivity index (χ2n) is 7.52. The summed E-state index contributed by atoms with van der Waals surface area (Å²) < 4.78 is 3.18. The van der Waals surface area contributed by atoms with Crippen LogP contribution >= 0.6 is 0 Å². The second kappa shape index (κ2) is 10.0. The molecular weight excluding hydrogens is 380 g/mol. The fourth-order valence-electron chi connectivity index (χ4n) is 3.47. The molecule has 0 bridgehead atoms. The molecule has 0 saturated heterocycles. The SMILES string of the molecule is CCCCCCCCn1c(NN=C(C)c2ccccc2)nc2c1c(=O)[nH]c(=O)n2C. The minimum atomic E-state index is -0.479. The number of rotatable bonds is 10. The Morgan fingerprint density at radius 2 is 1.80 bits per heavy atom. The van der Waals surface area contributed by atoms with E-state index >= 15 is 0 Å². The van der Waals surface area contributed by atoms with Gasteiger partial charge in [0.1, 0.15) is 0 Å². The number of unbranched alkanes of at least 4 members (excludes halogenated alkanes) is 5. The van der Waals surface area contributed by atoms with Crippen LogP contribution in [0.15, 0.2) is 45.0 Å². The number of nitrogens with one attached hydrogen (secondary N) is 2. The van der Waals surface area contributed by atoms with Gasteiger partial charge in [-0.1, -0.05) is 69.4 Å². The molecular formula is C22H30N6O2. The van der Waals surface area contributed by atoms with Gasteiger partial charge in [-0.25, -0.2) is 10.2 Å². The van der Waals surface area contributed by atoms with E-state index in [9.17, 15) is 9.59 Å². The summed E-state index contributed by atoms with van der Waals surface area (Å²) in [6.07, 6.45) is 6.85. The third kappa shape index (κ3) is 4.87. The van der Waals surface area contributed by atoms with Crippen molar-refractivity contribution >= 4 is 22.8 Å². The Morgan fingerprint density at radius 3 is 2.53 bits per heavy atom. The van der Waals surface area contributed by atoms with E-state index in [1.165, 1.54) is 30.3 Å². The van der Waals surface area contributed by atoms with E-state index in [1.54, 1.807) is 7.05 Å². The van der Waals surface area contributed by atoms with Crippen LogP contribution in [-0.2, 0) is 13.6 Å². The van der Waals surface area contributed by atoms with Crippen LogP contribution in [0.3, 0.4) is 0 Å². The largest absolute Gasteiger partial charge is 0.329 e. The van der Waals surface area contributed by atoms with Crippen molar-refractivity contribution < 1.29 is 0 Å². The molecule has 30 heavy (non-hydrogen) atoms. The fourth-order valence-corrected chi connectivity index (χ4v) is 3.47. The second-order valence-corrected chi connectivity index (χ2v) is 7.52. The number of hydrazone groups is 1. The van der Waals surface area contributed by atoms with Crippen LogP contribution in [0.1, 0.15) is 57.9 Å². The predicted molar refractivity (Wildman–Crippen MR) is 121 cm³/mol. The topological polar surface area (TPSA) is 97.1 Å². The highest BCUT2D eigenvalue weighted by Crippen LogP contribution is 2.17. The van der Waals surface area contributed by atoms with Gasteiger partial charge in [-0.05, 0) is 18.9 Å². The van der Waals surface area contributed by atoms with Crippen LogP contribution in [0.4, 0.5) is 5.95 Å². The van der Waals surface area contributed by atoms with Crippen LogP contribution in [0.2, 0.25) is 0 Å². The molecule has 0 radical (unpaired) electrons. The highest BCUT2D eigenvalue weighted by Gasteiger charge is 2.17. The molecule has 0 aliphatic rings. The third-order valence-corrected chi connectivity index (χ3v) is 5.26. The number of imidazole rings is 1. The summed E-state index contributed by atoms with van der Waals surface area (Å²) in [6, 6.07) is 9.83. The highest BCUT2D eigenvalue weighted by molar-refractivity contribution is 5.99. The smallest absolute Gasteiger partial charge is 0.303 e. The zero-order chi connectivity index (χ0) is 21.5. The number of hydrogen-bond acceptors (Lipinski definition) is 5. The standard InChI is InChI=1S/C22H30N6O2/c1-4-5-6-7-8-12-15-28-18-19(27(3)22(30)24-20(18)29)23-21(28)26-25-16(2)17-13-10-9-11-14-17/h9-11,13-14H,4-8,12,15H2,1-3H3,(H,23,26)(H,24,29,30). The molecule has 1 aromatic carbocycles. The molecule has 0 amide bonds. The van der Waals surface area contributed by atoms with Crippen LogP contribution in [0.5, 0.6) is 0 Å². The van der Waals surface area contributed by atoms with Gasteiger partial charge in [-0.15, -0.1) is 0 Å². The molecule has 0 spiro atoms. The van der Waals surface area contributed by atoms with Gasteiger partial charge in [0.15, 0.2) is 11.2 Å². The Kier molecular flexibility index (Phi) is 7.21. The lowest BCUT2D eigenvalue weighted by molar-refractivity contribution is 0.565. The summed E-state index contributed by atoms with van der Waals surface area (Å²) in [5, 5.41) is 4.45.